The van der Waals surface area contributed by atoms with E-state index in [1.807, 2.05) is 43.3 Å². The molecule has 0 aliphatic heterocycles. The number of halogens is 1. The SMILES string of the molecule is Cc1noc(-c2ccc(Cl)c(C(=O)Nc3ncc(C#Cc4ccccc4)cc3C)c2)n1. The van der Waals surface area contributed by atoms with Gasteiger partial charge in [-0.05, 0) is 55.8 Å². The number of anilines is 1. The summed E-state index contributed by atoms with van der Waals surface area (Å²) < 4.78 is 5.17. The predicted molar refractivity (Wildman–Crippen MR) is 119 cm³/mol. The summed E-state index contributed by atoms with van der Waals surface area (Å²) in [4.78, 5) is 21.4. The molecule has 2 aromatic heterocycles. The van der Waals surface area contributed by atoms with Crippen LogP contribution in [-0.2, 0) is 0 Å². The summed E-state index contributed by atoms with van der Waals surface area (Å²) in [6.07, 6.45) is 1.62. The number of benzene rings is 2. The Morgan fingerprint density at radius 2 is 1.81 bits per heavy atom. The quantitative estimate of drug-likeness (QED) is 0.461. The zero-order valence-electron chi connectivity index (χ0n) is 16.8. The summed E-state index contributed by atoms with van der Waals surface area (Å²) in [6, 6.07) is 16.5. The highest BCUT2D eigenvalue weighted by Crippen LogP contribution is 2.25. The van der Waals surface area contributed by atoms with Crippen molar-refractivity contribution in [3.63, 3.8) is 0 Å². The molecule has 0 aliphatic rings. The third-order valence-electron chi connectivity index (χ3n) is 4.42. The number of rotatable bonds is 3. The van der Waals surface area contributed by atoms with Crippen LogP contribution in [0.3, 0.4) is 0 Å². The largest absolute Gasteiger partial charge is 0.334 e. The van der Waals surface area contributed by atoms with Crippen molar-refractivity contribution in [3.8, 4) is 23.3 Å². The molecule has 1 N–H and O–H groups in total. The third-order valence-corrected chi connectivity index (χ3v) is 4.75. The topological polar surface area (TPSA) is 80.9 Å². The second-order valence-corrected chi connectivity index (χ2v) is 7.21. The molecule has 0 aliphatic carbocycles. The van der Waals surface area contributed by atoms with Crippen molar-refractivity contribution < 1.29 is 9.32 Å². The number of nitrogens with zero attached hydrogens (tertiary/aromatic N) is 3. The molecule has 4 aromatic rings. The Bertz CT molecular complexity index is 1320. The van der Waals surface area contributed by atoms with Crippen LogP contribution in [0.25, 0.3) is 11.5 Å². The van der Waals surface area contributed by atoms with Crippen molar-refractivity contribution in [2.24, 2.45) is 0 Å². The van der Waals surface area contributed by atoms with E-state index in [-0.39, 0.29) is 11.5 Å². The molecular weight excluding hydrogens is 412 g/mol. The lowest BCUT2D eigenvalue weighted by Gasteiger charge is -2.09. The number of hydrogen-bond acceptors (Lipinski definition) is 5. The number of aromatic nitrogens is 3. The molecule has 0 bridgehead atoms. The number of pyridine rings is 1. The standard InChI is InChI=1S/C24H17ClN4O2/c1-15-12-18(9-8-17-6-4-3-5-7-17)14-26-22(15)28-23(30)20-13-19(10-11-21(20)25)24-27-16(2)29-31-24/h3-7,10-14H,1-2H3,(H,26,28,30). The van der Waals surface area contributed by atoms with E-state index < -0.39 is 0 Å². The van der Waals surface area contributed by atoms with Crippen molar-refractivity contribution in [1.29, 1.82) is 0 Å². The maximum absolute atomic E-state index is 12.8. The van der Waals surface area contributed by atoms with Gasteiger partial charge in [0.05, 0.1) is 10.6 Å². The van der Waals surface area contributed by atoms with E-state index >= 15 is 0 Å². The molecule has 7 heteroatoms. The summed E-state index contributed by atoms with van der Waals surface area (Å²) in [7, 11) is 0. The van der Waals surface area contributed by atoms with E-state index in [9.17, 15) is 4.79 Å². The van der Waals surface area contributed by atoms with Gasteiger partial charge < -0.3 is 9.84 Å². The number of hydrogen-bond donors (Lipinski definition) is 1. The predicted octanol–water partition coefficient (Wildman–Crippen LogP) is 5.05. The molecule has 0 saturated heterocycles. The fourth-order valence-electron chi connectivity index (χ4n) is 2.86. The first-order valence-corrected chi connectivity index (χ1v) is 9.83. The Morgan fingerprint density at radius 3 is 2.52 bits per heavy atom. The Balaban J connectivity index is 1.54. The molecule has 6 nitrogen and oxygen atoms in total. The van der Waals surface area contributed by atoms with Gasteiger partial charge in [0.25, 0.3) is 11.8 Å². The van der Waals surface area contributed by atoms with Gasteiger partial charge >= 0.3 is 0 Å². The van der Waals surface area contributed by atoms with Crippen LogP contribution in [0.15, 0.2) is 65.3 Å². The highest BCUT2D eigenvalue weighted by Gasteiger charge is 2.16. The van der Waals surface area contributed by atoms with Crippen LogP contribution in [0.4, 0.5) is 5.82 Å². The lowest BCUT2D eigenvalue weighted by molar-refractivity contribution is 0.102. The lowest BCUT2D eigenvalue weighted by Crippen LogP contribution is -2.14. The normalized spacial score (nSPS) is 10.3. The van der Waals surface area contributed by atoms with Gasteiger partial charge in [0.2, 0.25) is 0 Å². The van der Waals surface area contributed by atoms with Gasteiger partial charge in [0, 0.05) is 22.9 Å². The van der Waals surface area contributed by atoms with E-state index in [2.05, 4.69) is 32.3 Å². The maximum Gasteiger partial charge on any atom is 0.258 e. The first-order valence-electron chi connectivity index (χ1n) is 9.45. The molecule has 0 saturated carbocycles. The molecule has 31 heavy (non-hydrogen) atoms. The smallest absolute Gasteiger partial charge is 0.258 e. The van der Waals surface area contributed by atoms with Crippen LogP contribution in [0.5, 0.6) is 0 Å². The summed E-state index contributed by atoms with van der Waals surface area (Å²) >= 11 is 6.25. The highest BCUT2D eigenvalue weighted by atomic mass is 35.5. The first-order chi connectivity index (χ1) is 15.0. The summed E-state index contributed by atoms with van der Waals surface area (Å²) in [5.41, 5.74) is 3.35. The molecule has 1 amide bonds. The second kappa shape index (κ2) is 8.82. The molecule has 0 spiro atoms. The van der Waals surface area contributed by atoms with Crippen LogP contribution < -0.4 is 5.32 Å². The molecule has 0 fully saturated rings. The maximum atomic E-state index is 12.8. The van der Waals surface area contributed by atoms with Gasteiger partial charge in [-0.2, -0.15) is 4.98 Å². The summed E-state index contributed by atoms with van der Waals surface area (Å²) in [5, 5.41) is 6.88. The number of carbonyl (C=O) groups is 1. The van der Waals surface area contributed by atoms with Crippen LogP contribution >= 0.6 is 11.6 Å². The van der Waals surface area contributed by atoms with E-state index in [4.69, 9.17) is 16.1 Å². The molecule has 2 aromatic carbocycles. The van der Waals surface area contributed by atoms with Crippen LogP contribution in [0.1, 0.15) is 32.9 Å². The van der Waals surface area contributed by atoms with Crippen LogP contribution in [-0.4, -0.2) is 21.0 Å². The number of nitrogens with one attached hydrogen (secondary N) is 1. The van der Waals surface area contributed by atoms with Crippen molar-refractivity contribution >= 4 is 23.3 Å². The molecule has 0 atom stereocenters. The fourth-order valence-corrected chi connectivity index (χ4v) is 3.06. The molecule has 152 valence electrons. The van der Waals surface area contributed by atoms with Gasteiger partial charge in [0.15, 0.2) is 5.82 Å². The van der Waals surface area contributed by atoms with E-state index in [1.54, 1.807) is 31.3 Å². The van der Waals surface area contributed by atoms with E-state index in [0.29, 0.717) is 28.1 Å². The van der Waals surface area contributed by atoms with Gasteiger partial charge in [-0.3, -0.25) is 4.79 Å². The zero-order valence-corrected chi connectivity index (χ0v) is 17.6. The van der Waals surface area contributed by atoms with Crippen LogP contribution in [0.2, 0.25) is 5.02 Å². The minimum absolute atomic E-state index is 0.282. The average molecular weight is 429 g/mol. The lowest BCUT2D eigenvalue weighted by atomic mass is 10.1. The van der Waals surface area contributed by atoms with E-state index in [0.717, 1.165) is 16.7 Å². The summed E-state index contributed by atoms with van der Waals surface area (Å²) in [5.74, 6) is 7.04. The Labute approximate surface area is 184 Å². The number of carbonyl (C=O) groups excluding carboxylic acids is 1. The monoisotopic (exact) mass is 428 g/mol. The molecule has 0 unspecified atom stereocenters. The van der Waals surface area contributed by atoms with Crippen molar-refractivity contribution in [1.82, 2.24) is 15.1 Å². The minimum atomic E-state index is -0.387. The van der Waals surface area contributed by atoms with Crippen molar-refractivity contribution in [3.05, 3.63) is 93.9 Å². The van der Waals surface area contributed by atoms with Gasteiger partial charge in [-0.1, -0.05) is 46.8 Å². The van der Waals surface area contributed by atoms with Gasteiger partial charge in [-0.15, -0.1) is 0 Å². The third kappa shape index (κ3) is 4.80. The zero-order chi connectivity index (χ0) is 21.8. The van der Waals surface area contributed by atoms with Gasteiger partial charge in [0.1, 0.15) is 5.82 Å². The number of aryl methyl sites for hydroxylation is 2. The fraction of sp³-hybridized carbons (Fsp3) is 0.0833. The number of amides is 1. The second-order valence-electron chi connectivity index (χ2n) is 6.80. The van der Waals surface area contributed by atoms with Crippen molar-refractivity contribution in [2.75, 3.05) is 5.32 Å². The summed E-state index contributed by atoms with van der Waals surface area (Å²) in [6.45, 7) is 3.58. The molecule has 2 heterocycles. The van der Waals surface area contributed by atoms with E-state index in [1.165, 1.54) is 0 Å². The van der Waals surface area contributed by atoms with Crippen molar-refractivity contribution in [2.45, 2.75) is 13.8 Å². The average Bonchev–Trinajstić information content (AvgIpc) is 3.21. The highest BCUT2D eigenvalue weighted by molar-refractivity contribution is 6.34. The molecular formula is C24H17ClN4O2. The minimum Gasteiger partial charge on any atom is -0.334 e. The van der Waals surface area contributed by atoms with Gasteiger partial charge in [-0.25, -0.2) is 4.98 Å². The first kappa shape index (κ1) is 20.3. The van der Waals surface area contributed by atoms with Crippen LogP contribution in [0, 0.1) is 25.7 Å². The Morgan fingerprint density at radius 1 is 1.03 bits per heavy atom. The Kier molecular flexibility index (Phi) is 5.78. The molecule has 0 radical (unpaired) electrons. The Hall–Kier alpha value is -3.95. The molecule has 4 rings (SSSR count).